The van der Waals surface area contributed by atoms with Crippen LogP contribution < -0.4 is 5.32 Å². The van der Waals surface area contributed by atoms with Gasteiger partial charge >= 0.3 is 12.0 Å². The number of nitrogens with one attached hydrogen (secondary N) is 1. The van der Waals surface area contributed by atoms with Gasteiger partial charge in [-0.2, -0.15) is 0 Å². The molecule has 1 atom stereocenters. The second-order valence-electron chi connectivity index (χ2n) is 3.62. The van der Waals surface area contributed by atoms with Crippen molar-refractivity contribution in [2.45, 2.75) is 12.0 Å². The van der Waals surface area contributed by atoms with Gasteiger partial charge in [0.2, 0.25) is 0 Å². The molecule has 0 saturated carbocycles. The molecule has 1 heterocycles. The molecule has 1 saturated heterocycles. The highest BCUT2D eigenvalue weighted by molar-refractivity contribution is 9.10. The number of hydrogen-bond acceptors (Lipinski definition) is 3. The molecule has 0 spiro atoms. The second kappa shape index (κ2) is 5.27. The first kappa shape index (κ1) is 15.0. The zero-order valence-corrected chi connectivity index (χ0v) is 11.2. The van der Waals surface area contributed by atoms with Gasteiger partial charge in [0.1, 0.15) is 11.8 Å². The Morgan fingerprint density at radius 2 is 2.17 bits per heavy atom. The predicted molar refractivity (Wildman–Crippen MR) is 65.2 cm³/mol. The molecule has 1 amide bonds. The van der Waals surface area contributed by atoms with Gasteiger partial charge < -0.3 is 15.2 Å². The number of alkyl carbamates (subject to hydrolysis) is 1. The third kappa shape index (κ3) is 2.84. The number of carbonyl (C=O) groups excluding carboxylic acids is 1. The van der Waals surface area contributed by atoms with Crippen molar-refractivity contribution in [3.8, 4) is 5.75 Å². The molecule has 0 radical (unpaired) electrons. The number of rotatable bonds is 1. The number of alkyl halides is 2. The lowest BCUT2D eigenvalue weighted by atomic mass is 9.99. The highest BCUT2D eigenvalue weighted by Gasteiger charge is 2.47. The minimum absolute atomic E-state index is 0. The van der Waals surface area contributed by atoms with Crippen LogP contribution in [-0.4, -0.2) is 23.7 Å². The Balaban J connectivity index is 0.00000162. The minimum Gasteiger partial charge on any atom is -0.508 e. The van der Waals surface area contributed by atoms with Crippen LogP contribution >= 0.6 is 28.3 Å². The summed E-state index contributed by atoms with van der Waals surface area (Å²) in [7, 11) is 0. The highest BCUT2D eigenvalue weighted by atomic mass is 79.9. The van der Waals surface area contributed by atoms with Crippen molar-refractivity contribution in [2.75, 3.05) is 6.61 Å². The van der Waals surface area contributed by atoms with E-state index in [1.165, 1.54) is 18.2 Å². The van der Waals surface area contributed by atoms with Crippen LogP contribution in [0.3, 0.4) is 0 Å². The van der Waals surface area contributed by atoms with Gasteiger partial charge in [0, 0.05) is 10.0 Å². The Bertz CT molecular complexity index is 472. The maximum absolute atomic E-state index is 13.5. The summed E-state index contributed by atoms with van der Waals surface area (Å²) in [5, 5.41) is 11.6. The molecule has 100 valence electrons. The lowest BCUT2D eigenvalue weighted by Crippen LogP contribution is -2.49. The average molecular weight is 345 g/mol. The zero-order valence-electron chi connectivity index (χ0n) is 8.82. The third-order valence-electron chi connectivity index (χ3n) is 2.38. The zero-order chi connectivity index (χ0) is 12.6. The molecule has 1 fully saturated rings. The number of aromatic hydroxyl groups is 1. The van der Waals surface area contributed by atoms with E-state index in [0.29, 0.717) is 4.47 Å². The SMILES string of the molecule is Cl.O=C1N[C@@H](c2ccc(Br)cc2O)C(F)(F)CO1. The number of cyclic esters (lactones) is 1. The molecule has 1 aromatic carbocycles. The van der Waals surface area contributed by atoms with E-state index in [1.807, 2.05) is 5.32 Å². The number of benzene rings is 1. The van der Waals surface area contributed by atoms with Crippen molar-refractivity contribution in [1.29, 1.82) is 0 Å². The first-order valence-electron chi connectivity index (χ1n) is 4.70. The van der Waals surface area contributed by atoms with E-state index in [-0.39, 0.29) is 23.7 Å². The molecule has 2 rings (SSSR count). The van der Waals surface area contributed by atoms with Crippen molar-refractivity contribution < 1.29 is 23.4 Å². The second-order valence-corrected chi connectivity index (χ2v) is 4.53. The summed E-state index contributed by atoms with van der Waals surface area (Å²) < 4.78 is 31.9. The fourth-order valence-electron chi connectivity index (χ4n) is 1.58. The maximum atomic E-state index is 13.5. The lowest BCUT2D eigenvalue weighted by molar-refractivity contribution is -0.104. The summed E-state index contributed by atoms with van der Waals surface area (Å²) in [5.74, 6) is -3.58. The summed E-state index contributed by atoms with van der Waals surface area (Å²) in [6.45, 7) is -1.00. The Kier molecular flexibility index (Phi) is 4.39. The molecular weight excluding hydrogens is 335 g/mol. The summed E-state index contributed by atoms with van der Waals surface area (Å²) in [4.78, 5) is 11.0. The van der Waals surface area contributed by atoms with Crippen LogP contribution in [0, 0.1) is 0 Å². The van der Waals surface area contributed by atoms with Crippen LogP contribution in [0.2, 0.25) is 0 Å². The number of ether oxygens (including phenoxy) is 1. The Hall–Kier alpha value is -1.08. The van der Waals surface area contributed by atoms with Gasteiger partial charge in [0.15, 0.2) is 6.61 Å². The molecule has 0 aliphatic carbocycles. The molecule has 1 aliphatic heterocycles. The summed E-state index contributed by atoms with van der Waals surface area (Å²) in [6.07, 6.45) is -0.928. The van der Waals surface area contributed by atoms with E-state index < -0.39 is 24.7 Å². The number of carbonyl (C=O) groups is 1. The number of phenolic OH excluding ortho intramolecular Hbond substituents is 1. The van der Waals surface area contributed by atoms with Gasteiger partial charge in [-0.05, 0) is 12.1 Å². The van der Waals surface area contributed by atoms with Crippen LogP contribution in [0.5, 0.6) is 5.75 Å². The van der Waals surface area contributed by atoms with Crippen LogP contribution in [0.15, 0.2) is 22.7 Å². The first-order chi connectivity index (χ1) is 7.90. The van der Waals surface area contributed by atoms with E-state index in [2.05, 4.69) is 20.7 Å². The third-order valence-corrected chi connectivity index (χ3v) is 2.88. The minimum atomic E-state index is -3.26. The molecule has 8 heteroatoms. The molecule has 0 aromatic heterocycles. The first-order valence-corrected chi connectivity index (χ1v) is 5.49. The van der Waals surface area contributed by atoms with Gasteiger partial charge in [-0.25, -0.2) is 13.6 Å². The van der Waals surface area contributed by atoms with Gasteiger partial charge in [0.25, 0.3) is 0 Å². The largest absolute Gasteiger partial charge is 0.508 e. The van der Waals surface area contributed by atoms with E-state index >= 15 is 0 Å². The number of hydrogen-bond donors (Lipinski definition) is 2. The Morgan fingerprint density at radius 3 is 2.78 bits per heavy atom. The van der Waals surface area contributed by atoms with Crippen molar-refractivity contribution in [3.63, 3.8) is 0 Å². The molecule has 2 N–H and O–H groups in total. The van der Waals surface area contributed by atoms with Crippen LogP contribution in [-0.2, 0) is 4.74 Å². The van der Waals surface area contributed by atoms with E-state index in [0.717, 1.165) is 0 Å². The fourth-order valence-corrected chi connectivity index (χ4v) is 1.93. The topological polar surface area (TPSA) is 58.6 Å². The standard InChI is InChI=1S/C10H8BrF2NO3.ClH/c11-5-1-2-6(7(15)3-5)8-10(12,13)4-17-9(16)14-8;/h1-3,8,15H,4H2,(H,14,16);1H/t8-;/m0./s1. The molecule has 1 aliphatic rings. The van der Waals surface area contributed by atoms with Crippen molar-refractivity contribution in [3.05, 3.63) is 28.2 Å². The lowest BCUT2D eigenvalue weighted by Gasteiger charge is -2.32. The molecule has 4 nitrogen and oxygen atoms in total. The van der Waals surface area contributed by atoms with Crippen LogP contribution in [0.1, 0.15) is 11.6 Å². The summed E-state index contributed by atoms with van der Waals surface area (Å²) in [5.41, 5.74) is -0.0464. The quantitative estimate of drug-likeness (QED) is 0.823. The Labute approximate surface area is 116 Å². The molecular formula is C10H9BrClF2NO3. The van der Waals surface area contributed by atoms with Gasteiger partial charge in [-0.1, -0.05) is 22.0 Å². The van der Waals surface area contributed by atoms with E-state index in [1.54, 1.807) is 0 Å². The van der Waals surface area contributed by atoms with Crippen molar-refractivity contribution >= 4 is 34.4 Å². The average Bonchev–Trinajstić information content (AvgIpc) is 2.23. The van der Waals surface area contributed by atoms with Gasteiger partial charge in [0.05, 0.1) is 0 Å². The van der Waals surface area contributed by atoms with Crippen LogP contribution in [0.4, 0.5) is 13.6 Å². The summed E-state index contributed by atoms with van der Waals surface area (Å²) >= 11 is 3.10. The summed E-state index contributed by atoms with van der Waals surface area (Å²) in [6, 6.07) is 2.53. The smallest absolute Gasteiger partial charge is 0.408 e. The fraction of sp³-hybridized carbons (Fsp3) is 0.300. The maximum Gasteiger partial charge on any atom is 0.408 e. The monoisotopic (exact) mass is 343 g/mol. The number of amides is 1. The van der Waals surface area contributed by atoms with Gasteiger partial charge in [-0.3, -0.25) is 0 Å². The molecule has 0 bridgehead atoms. The predicted octanol–water partition coefficient (Wildman–Crippen LogP) is 2.99. The highest BCUT2D eigenvalue weighted by Crippen LogP contribution is 2.38. The van der Waals surface area contributed by atoms with Crippen molar-refractivity contribution in [1.82, 2.24) is 5.32 Å². The normalized spacial score (nSPS) is 21.5. The number of halogens is 4. The van der Waals surface area contributed by atoms with E-state index in [4.69, 9.17) is 0 Å². The number of phenols is 1. The molecule has 18 heavy (non-hydrogen) atoms. The van der Waals surface area contributed by atoms with E-state index in [9.17, 15) is 18.7 Å². The molecule has 1 aromatic rings. The molecule has 0 unspecified atom stereocenters. The Morgan fingerprint density at radius 1 is 1.50 bits per heavy atom. The van der Waals surface area contributed by atoms with Crippen LogP contribution in [0.25, 0.3) is 0 Å². The van der Waals surface area contributed by atoms with Crippen molar-refractivity contribution in [2.24, 2.45) is 0 Å². The van der Waals surface area contributed by atoms with Gasteiger partial charge in [-0.15, -0.1) is 12.4 Å².